The van der Waals surface area contributed by atoms with E-state index >= 15 is 0 Å². The van der Waals surface area contributed by atoms with E-state index in [2.05, 4.69) is 4.98 Å². The first-order valence-corrected chi connectivity index (χ1v) is 8.98. The van der Waals surface area contributed by atoms with Gasteiger partial charge in [-0.15, -0.1) is 11.3 Å². The summed E-state index contributed by atoms with van der Waals surface area (Å²) in [6.45, 7) is 4.14. The molecule has 1 aliphatic heterocycles. The van der Waals surface area contributed by atoms with E-state index in [1.54, 1.807) is 11.3 Å². The normalized spacial score (nSPS) is 16.6. The number of nitrogens with zero attached hydrogens (tertiary/aromatic N) is 4. The van der Waals surface area contributed by atoms with Gasteiger partial charge in [0.1, 0.15) is 5.01 Å². The maximum atomic E-state index is 12.3. The maximum Gasteiger partial charge on any atom is 0.335 e. The molecule has 1 atom stereocenters. The van der Waals surface area contributed by atoms with Crippen molar-refractivity contribution in [2.75, 3.05) is 20.3 Å². The van der Waals surface area contributed by atoms with E-state index < -0.39 is 17.8 Å². The molecule has 1 aromatic carbocycles. The molecule has 3 rings (SSSR count). The Morgan fingerprint density at radius 2 is 1.84 bits per heavy atom. The van der Waals surface area contributed by atoms with Crippen molar-refractivity contribution in [1.82, 2.24) is 19.7 Å². The summed E-state index contributed by atoms with van der Waals surface area (Å²) in [5.74, 6) is -1.50. The lowest BCUT2D eigenvalue weighted by molar-refractivity contribution is -0.144. The van der Waals surface area contributed by atoms with E-state index in [0.29, 0.717) is 6.42 Å². The summed E-state index contributed by atoms with van der Waals surface area (Å²) >= 11 is 1.58. The van der Waals surface area contributed by atoms with Gasteiger partial charge in [-0.25, -0.2) is 14.7 Å². The van der Waals surface area contributed by atoms with Crippen LogP contribution in [0.1, 0.15) is 31.3 Å². The van der Waals surface area contributed by atoms with Crippen molar-refractivity contribution in [2.24, 2.45) is 0 Å². The third kappa shape index (κ3) is 3.14. The zero-order valence-electron chi connectivity index (χ0n) is 14.4. The van der Waals surface area contributed by atoms with Crippen molar-refractivity contribution in [1.29, 1.82) is 0 Å². The van der Waals surface area contributed by atoms with E-state index in [-0.39, 0.29) is 19.3 Å². The summed E-state index contributed by atoms with van der Waals surface area (Å²) in [4.78, 5) is 44.8. The predicted octanol–water partition coefficient (Wildman–Crippen LogP) is 2.45. The van der Waals surface area contributed by atoms with Gasteiger partial charge in [0.25, 0.3) is 0 Å². The Morgan fingerprint density at radius 1 is 1.16 bits per heavy atom. The van der Waals surface area contributed by atoms with Gasteiger partial charge in [0.05, 0.1) is 22.9 Å². The number of hydrogen-bond donors (Lipinski definition) is 0. The number of carbonyl (C=O) groups excluding carboxylic acids is 3. The summed E-state index contributed by atoms with van der Waals surface area (Å²) in [6, 6.07) is 7.24. The highest BCUT2D eigenvalue weighted by Gasteiger charge is 2.44. The number of urea groups is 1. The molecule has 1 aliphatic rings. The fraction of sp³-hybridized carbons (Fsp3) is 0.412. The summed E-state index contributed by atoms with van der Waals surface area (Å²) in [5, 5.41) is 0.902. The minimum atomic E-state index is -0.762. The topological polar surface area (TPSA) is 73.8 Å². The van der Waals surface area contributed by atoms with Crippen LogP contribution < -0.4 is 0 Å². The molecule has 0 bridgehead atoms. The number of aromatic nitrogens is 1. The summed E-state index contributed by atoms with van der Waals surface area (Å²) in [7, 11) is 1.81. The second-order valence-corrected chi connectivity index (χ2v) is 7.13. The van der Waals surface area contributed by atoms with Crippen molar-refractivity contribution < 1.29 is 14.4 Å². The Labute approximate surface area is 149 Å². The first-order chi connectivity index (χ1) is 11.9. The lowest BCUT2D eigenvalue weighted by Gasteiger charge is -2.26. The standard InChI is InChI=1S/C17H20N4O3S/c1-4-9-20-15(22)16(23)21(17(20)24)10-19(3)11(2)14-18-12-7-5-6-8-13(12)25-14/h5-8,11H,4,9-10H2,1-3H3/t11-/m0/s1. The van der Waals surface area contributed by atoms with Crippen LogP contribution in [0.4, 0.5) is 4.79 Å². The number of rotatable bonds is 6. The Kier molecular flexibility index (Phi) is 4.82. The largest absolute Gasteiger partial charge is 0.335 e. The van der Waals surface area contributed by atoms with Gasteiger partial charge in [-0.1, -0.05) is 19.1 Å². The van der Waals surface area contributed by atoms with E-state index in [9.17, 15) is 14.4 Å². The molecule has 1 fully saturated rings. The van der Waals surface area contributed by atoms with Crippen molar-refractivity contribution in [3.63, 3.8) is 0 Å². The molecule has 0 unspecified atom stereocenters. The minimum Gasteiger partial charge on any atom is -0.279 e. The Bertz CT molecular complexity index is 801. The van der Waals surface area contributed by atoms with Gasteiger partial charge < -0.3 is 0 Å². The van der Waals surface area contributed by atoms with Crippen LogP contribution in [0, 0.1) is 0 Å². The van der Waals surface area contributed by atoms with Gasteiger partial charge in [0.15, 0.2) is 0 Å². The van der Waals surface area contributed by atoms with E-state index in [0.717, 1.165) is 25.0 Å². The van der Waals surface area contributed by atoms with Crippen LogP contribution in [0.5, 0.6) is 0 Å². The molecule has 1 aromatic heterocycles. The average Bonchev–Trinajstić information content (AvgIpc) is 3.12. The second kappa shape index (κ2) is 6.89. The van der Waals surface area contributed by atoms with Gasteiger partial charge in [-0.3, -0.25) is 19.4 Å². The Balaban J connectivity index is 1.74. The van der Waals surface area contributed by atoms with Gasteiger partial charge in [-0.05, 0) is 32.5 Å². The van der Waals surface area contributed by atoms with E-state index in [1.165, 1.54) is 0 Å². The molecule has 132 valence electrons. The smallest absolute Gasteiger partial charge is 0.279 e. The number of fused-ring (bicyclic) bond motifs is 1. The molecule has 1 saturated heterocycles. The molecule has 0 radical (unpaired) electrons. The van der Waals surface area contributed by atoms with E-state index in [1.807, 2.05) is 50.1 Å². The van der Waals surface area contributed by atoms with Crippen molar-refractivity contribution in [3.05, 3.63) is 29.3 Å². The second-order valence-electron chi connectivity index (χ2n) is 6.07. The number of benzene rings is 1. The Morgan fingerprint density at radius 3 is 2.52 bits per heavy atom. The third-order valence-corrected chi connectivity index (χ3v) is 5.48. The lowest BCUT2D eigenvalue weighted by Crippen LogP contribution is -2.41. The zero-order chi connectivity index (χ0) is 18.1. The highest BCUT2D eigenvalue weighted by atomic mass is 32.1. The summed E-state index contributed by atoms with van der Waals surface area (Å²) < 4.78 is 1.09. The molecule has 2 aromatic rings. The molecule has 0 spiro atoms. The molecular weight excluding hydrogens is 340 g/mol. The quantitative estimate of drug-likeness (QED) is 0.584. The molecular formula is C17H20N4O3S. The number of amides is 4. The van der Waals surface area contributed by atoms with Gasteiger partial charge >= 0.3 is 17.8 Å². The zero-order valence-corrected chi connectivity index (χ0v) is 15.2. The lowest BCUT2D eigenvalue weighted by atomic mass is 10.3. The van der Waals surface area contributed by atoms with Crippen LogP contribution in [0.15, 0.2) is 24.3 Å². The van der Waals surface area contributed by atoms with Crippen LogP contribution in [-0.4, -0.2) is 57.8 Å². The van der Waals surface area contributed by atoms with Crippen LogP contribution in [0.2, 0.25) is 0 Å². The number of hydrogen-bond acceptors (Lipinski definition) is 6. The average molecular weight is 360 g/mol. The van der Waals surface area contributed by atoms with E-state index in [4.69, 9.17) is 0 Å². The van der Waals surface area contributed by atoms with Crippen LogP contribution in [-0.2, 0) is 9.59 Å². The molecule has 7 nitrogen and oxygen atoms in total. The highest BCUT2D eigenvalue weighted by molar-refractivity contribution is 7.18. The Hall–Kier alpha value is -2.32. The number of carbonyl (C=O) groups is 3. The maximum absolute atomic E-state index is 12.3. The van der Waals surface area contributed by atoms with Crippen molar-refractivity contribution >= 4 is 39.4 Å². The predicted molar refractivity (Wildman–Crippen MR) is 94.9 cm³/mol. The van der Waals surface area contributed by atoms with Crippen molar-refractivity contribution in [2.45, 2.75) is 26.3 Å². The SMILES string of the molecule is CCCN1C(=O)C(=O)N(CN(C)[C@@H](C)c2nc3ccccc3s2)C1=O. The first kappa shape index (κ1) is 17.5. The summed E-state index contributed by atoms with van der Waals surface area (Å²) in [6.07, 6.45) is 0.622. The fourth-order valence-corrected chi connectivity index (χ4v) is 3.78. The molecule has 8 heteroatoms. The molecule has 0 aliphatic carbocycles. The summed E-state index contributed by atoms with van der Waals surface area (Å²) in [5.41, 5.74) is 0.931. The minimum absolute atomic E-state index is 0.0563. The van der Waals surface area contributed by atoms with Gasteiger partial charge in [-0.2, -0.15) is 0 Å². The van der Waals surface area contributed by atoms with Gasteiger partial charge in [0.2, 0.25) is 0 Å². The first-order valence-electron chi connectivity index (χ1n) is 8.17. The number of imide groups is 2. The molecule has 0 saturated carbocycles. The monoisotopic (exact) mass is 360 g/mol. The molecule has 25 heavy (non-hydrogen) atoms. The number of para-hydroxylation sites is 1. The van der Waals surface area contributed by atoms with Crippen LogP contribution in [0.3, 0.4) is 0 Å². The van der Waals surface area contributed by atoms with Gasteiger partial charge in [0, 0.05) is 6.54 Å². The molecule has 2 heterocycles. The third-order valence-electron chi connectivity index (χ3n) is 4.28. The molecule has 0 N–H and O–H groups in total. The van der Waals surface area contributed by atoms with Crippen LogP contribution in [0.25, 0.3) is 10.2 Å². The molecule has 4 amide bonds. The van der Waals surface area contributed by atoms with Crippen LogP contribution >= 0.6 is 11.3 Å². The fourth-order valence-electron chi connectivity index (χ4n) is 2.70. The van der Waals surface area contributed by atoms with Crippen molar-refractivity contribution in [3.8, 4) is 0 Å². The number of thiazole rings is 1. The highest BCUT2D eigenvalue weighted by Crippen LogP contribution is 2.29.